The maximum absolute atomic E-state index is 9.14. The molecular formula is C18H23NO2. The van der Waals surface area contributed by atoms with Crippen molar-refractivity contribution >= 4 is 0 Å². The molecular weight excluding hydrogens is 262 g/mol. The van der Waals surface area contributed by atoms with E-state index in [0.29, 0.717) is 6.04 Å². The number of nitrogens with one attached hydrogen (secondary N) is 1. The van der Waals surface area contributed by atoms with Crippen molar-refractivity contribution in [2.24, 2.45) is 0 Å². The van der Waals surface area contributed by atoms with Gasteiger partial charge in [0.25, 0.3) is 0 Å². The summed E-state index contributed by atoms with van der Waals surface area (Å²) in [4.78, 5) is 0. The fourth-order valence-electron chi connectivity index (χ4n) is 2.36. The van der Waals surface area contributed by atoms with Gasteiger partial charge in [-0.05, 0) is 48.4 Å². The van der Waals surface area contributed by atoms with Crippen molar-refractivity contribution in [1.82, 2.24) is 5.32 Å². The van der Waals surface area contributed by atoms with E-state index < -0.39 is 0 Å². The summed E-state index contributed by atoms with van der Waals surface area (Å²) in [5.74, 6) is 1.55. The van der Waals surface area contributed by atoms with Crippen LogP contribution in [0.4, 0.5) is 0 Å². The summed E-state index contributed by atoms with van der Waals surface area (Å²) in [6.45, 7) is 5.29. The fraction of sp³-hybridized carbons (Fsp3) is 0.333. The summed E-state index contributed by atoms with van der Waals surface area (Å²) in [5.41, 5.74) is 2.12. The lowest BCUT2D eigenvalue weighted by Crippen LogP contribution is -2.19. The van der Waals surface area contributed by atoms with Gasteiger partial charge in [0.2, 0.25) is 0 Å². The number of hydrogen-bond acceptors (Lipinski definition) is 3. The molecule has 0 aliphatic rings. The summed E-state index contributed by atoms with van der Waals surface area (Å²) in [7, 11) is 0. The predicted octanol–water partition coefficient (Wildman–Crippen LogP) is 4.03. The Morgan fingerprint density at radius 1 is 1.05 bits per heavy atom. The maximum Gasteiger partial charge on any atom is 0.127 e. The Morgan fingerprint density at radius 3 is 2.43 bits per heavy atom. The van der Waals surface area contributed by atoms with Crippen molar-refractivity contribution in [1.29, 1.82) is 0 Å². The van der Waals surface area contributed by atoms with Gasteiger partial charge < -0.3 is 15.2 Å². The van der Waals surface area contributed by atoms with Gasteiger partial charge in [0.1, 0.15) is 11.5 Å². The van der Waals surface area contributed by atoms with Crippen LogP contribution in [-0.4, -0.2) is 11.7 Å². The molecule has 0 bridgehead atoms. The zero-order valence-corrected chi connectivity index (χ0v) is 12.7. The van der Waals surface area contributed by atoms with Gasteiger partial charge in [0.05, 0.1) is 6.61 Å². The Balaban J connectivity index is 2.08. The van der Waals surface area contributed by atoms with Crippen molar-refractivity contribution in [3.05, 3.63) is 59.7 Å². The molecule has 0 fully saturated rings. The number of aliphatic hydroxyl groups is 1. The first-order valence-corrected chi connectivity index (χ1v) is 7.47. The highest BCUT2D eigenvalue weighted by Gasteiger charge is 2.07. The minimum Gasteiger partial charge on any atom is -0.457 e. The van der Waals surface area contributed by atoms with E-state index in [-0.39, 0.29) is 6.61 Å². The number of hydrogen-bond donors (Lipinski definition) is 2. The molecule has 0 aromatic heterocycles. The van der Waals surface area contributed by atoms with Crippen LogP contribution in [0.5, 0.6) is 11.5 Å². The monoisotopic (exact) mass is 285 g/mol. The molecule has 0 radical (unpaired) electrons. The van der Waals surface area contributed by atoms with Crippen LogP contribution in [0.1, 0.15) is 37.4 Å². The molecule has 0 amide bonds. The van der Waals surface area contributed by atoms with Crippen LogP contribution in [0.3, 0.4) is 0 Å². The molecule has 2 rings (SSSR count). The summed E-state index contributed by atoms with van der Waals surface area (Å²) in [6, 6.07) is 16.1. The Bertz CT molecular complexity index is 551. The van der Waals surface area contributed by atoms with Crippen LogP contribution in [0.25, 0.3) is 0 Å². The second-order valence-corrected chi connectivity index (χ2v) is 5.00. The van der Waals surface area contributed by atoms with Crippen LogP contribution >= 0.6 is 0 Å². The van der Waals surface area contributed by atoms with Gasteiger partial charge in [-0.25, -0.2) is 0 Å². The lowest BCUT2D eigenvalue weighted by Gasteiger charge is -2.16. The van der Waals surface area contributed by atoms with Gasteiger partial charge in [0.15, 0.2) is 0 Å². The van der Waals surface area contributed by atoms with E-state index in [1.807, 2.05) is 36.4 Å². The number of aliphatic hydroxyl groups excluding tert-OH is 1. The molecule has 0 saturated heterocycles. The molecule has 3 nitrogen and oxygen atoms in total. The molecule has 1 atom stereocenters. The highest BCUT2D eigenvalue weighted by Crippen LogP contribution is 2.25. The Kier molecular flexibility index (Phi) is 5.78. The minimum atomic E-state index is 0.0248. The van der Waals surface area contributed by atoms with Crippen molar-refractivity contribution in [2.75, 3.05) is 6.54 Å². The molecule has 0 spiro atoms. The molecule has 2 aromatic carbocycles. The quantitative estimate of drug-likeness (QED) is 0.807. The van der Waals surface area contributed by atoms with E-state index in [2.05, 4.69) is 31.3 Å². The lowest BCUT2D eigenvalue weighted by atomic mass is 10.0. The Labute approximate surface area is 126 Å². The van der Waals surface area contributed by atoms with Crippen molar-refractivity contribution in [3.63, 3.8) is 0 Å². The topological polar surface area (TPSA) is 41.5 Å². The third-order valence-electron chi connectivity index (χ3n) is 3.46. The van der Waals surface area contributed by atoms with Crippen molar-refractivity contribution in [3.8, 4) is 11.5 Å². The average Bonchev–Trinajstić information content (AvgIpc) is 2.54. The van der Waals surface area contributed by atoms with Gasteiger partial charge in [-0.2, -0.15) is 0 Å². The molecule has 2 N–H and O–H groups in total. The predicted molar refractivity (Wildman–Crippen MR) is 85.6 cm³/mol. The third kappa shape index (κ3) is 4.31. The Morgan fingerprint density at radius 2 is 1.81 bits per heavy atom. The molecule has 112 valence electrons. The highest BCUT2D eigenvalue weighted by atomic mass is 16.5. The number of rotatable bonds is 7. The molecule has 1 unspecified atom stereocenters. The van der Waals surface area contributed by atoms with E-state index in [1.165, 1.54) is 5.56 Å². The Hall–Kier alpha value is -1.84. The first-order valence-electron chi connectivity index (χ1n) is 7.47. The first kappa shape index (κ1) is 15.5. The number of benzene rings is 2. The summed E-state index contributed by atoms with van der Waals surface area (Å²) in [5, 5.41) is 12.6. The van der Waals surface area contributed by atoms with E-state index in [1.54, 1.807) is 0 Å². The normalized spacial score (nSPS) is 12.1. The zero-order chi connectivity index (χ0) is 15.1. The molecule has 2 aromatic rings. The van der Waals surface area contributed by atoms with Gasteiger partial charge in [-0.1, -0.05) is 38.1 Å². The third-order valence-corrected chi connectivity index (χ3v) is 3.46. The van der Waals surface area contributed by atoms with Crippen LogP contribution < -0.4 is 10.1 Å². The average molecular weight is 285 g/mol. The molecule has 21 heavy (non-hydrogen) atoms. The molecule has 0 aliphatic carbocycles. The maximum atomic E-state index is 9.14. The summed E-state index contributed by atoms with van der Waals surface area (Å²) >= 11 is 0. The van der Waals surface area contributed by atoms with E-state index in [4.69, 9.17) is 9.84 Å². The van der Waals surface area contributed by atoms with Crippen LogP contribution in [0.2, 0.25) is 0 Å². The minimum absolute atomic E-state index is 0.0248. The molecule has 3 heteroatoms. The summed E-state index contributed by atoms with van der Waals surface area (Å²) in [6.07, 6.45) is 1.06. The highest BCUT2D eigenvalue weighted by molar-refractivity contribution is 5.35. The standard InChI is InChI=1S/C18H23NO2/c1-3-18(19-4-2)15-8-10-16(11-9-15)21-17-7-5-6-14(12-17)13-20/h5-12,18-20H,3-4,13H2,1-2H3. The van der Waals surface area contributed by atoms with E-state index >= 15 is 0 Å². The van der Waals surface area contributed by atoms with E-state index in [0.717, 1.165) is 30.0 Å². The zero-order valence-electron chi connectivity index (χ0n) is 12.7. The fourth-order valence-corrected chi connectivity index (χ4v) is 2.36. The van der Waals surface area contributed by atoms with Crippen LogP contribution in [0.15, 0.2) is 48.5 Å². The van der Waals surface area contributed by atoms with Crippen LogP contribution in [0, 0.1) is 0 Å². The molecule has 0 aliphatic heterocycles. The largest absolute Gasteiger partial charge is 0.457 e. The first-order chi connectivity index (χ1) is 10.3. The lowest BCUT2D eigenvalue weighted by molar-refractivity contribution is 0.281. The molecule has 0 saturated carbocycles. The van der Waals surface area contributed by atoms with Crippen molar-refractivity contribution in [2.45, 2.75) is 32.9 Å². The van der Waals surface area contributed by atoms with Gasteiger partial charge in [-0.3, -0.25) is 0 Å². The molecule has 0 heterocycles. The number of ether oxygens (including phenoxy) is 1. The van der Waals surface area contributed by atoms with Crippen molar-refractivity contribution < 1.29 is 9.84 Å². The van der Waals surface area contributed by atoms with Gasteiger partial charge in [-0.15, -0.1) is 0 Å². The second kappa shape index (κ2) is 7.81. The summed E-state index contributed by atoms with van der Waals surface area (Å²) < 4.78 is 5.82. The second-order valence-electron chi connectivity index (χ2n) is 5.00. The van der Waals surface area contributed by atoms with E-state index in [9.17, 15) is 0 Å². The van der Waals surface area contributed by atoms with Crippen LogP contribution in [-0.2, 0) is 6.61 Å². The van der Waals surface area contributed by atoms with Gasteiger partial charge in [0, 0.05) is 6.04 Å². The smallest absolute Gasteiger partial charge is 0.127 e. The van der Waals surface area contributed by atoms with Gasteiger partial charge >= 0.3 is 0 Å². The SMILES string of the molecule is CCNC(CC)c1ccc(Oc2cccc(CO)c2)cc1.